The monoisotopic (exact) mass is 360 g/mol. The lowest BCUT2D eigenvalue weighted by atomic mass is 10.1. The van der Waals surface area contributed by atoms with Gasteiger partial charge in [0.05, 0.1) is 11.6 Å². The van der Waals surface area contributed by atoms with Gasteiger partial charge >= 0.3 is 5.63 Å². The number of rotatable bonds is 3. The maximum absolute atomic E-state index is 11.9. The molecule has 3 aromatic rings. The normalized spacial score (nSPS) is 15.0. The van der Waals surface area contributed by atoms with E-state index in [0.29, 0.717) is 17.7 Å². The quantitative estimate of drug-likeness (QED) is 0.669. The van der Waals surface area contributed by atoms with E-state index in [1.807, 2.05) is 31.2 Å². The van der Waals surface area contributed by atoms with Gasteiger partial charge in [0.25, 0.3) is 0 Å². The van der Waals surface area contributed by atoms with Crippen LogP contribution in [0.1, 0.15) is 16.7 Å². The van der Waals surface area contributed by atoms with E-state index >= 15 is 0 Å². The fraction of sp³-hybridized carbons (Fsp3) is 0.286. The van der Waals surface area contributed by atoms with Crippen LogP contribution in [-0.4, -0.2) is 36.1 Å². The fourth-order valence-electron chi connectivity index (χ4n) is 3.50. The lowest BCUT2D eigenvalue weighted by Gasteiger charge is -2.35. The summed E-state index contributed by atoms with van der Waals surface area (Å²) in [5.41, 5.74) is 3.04. The largest absolute Gasteiger partial charge is 0.423 e. The van der Waals surface area contributed by atoms with Gasteiger partial charge in [-0.05, 0) is 36.2 Å². The minimum atomic E-state index is -0.306. The van der Waals surface area contributed by atoms with E-state index in [0.717, 1.165) is 48.5 Å². The molecule has 0 saturated carbocycles. The number of hydrogen-bond donors (Lipinski definition) is 0. The molecule has 0 N–H and O–H groups in total. The van der Waals surface area contributed by atoms with Crippen molar-refractivity contribution < 1.29 is 4.42 Å². The van der Waals surface area contributed by atoms with Gasteiger partial charge < -0.3 is 9.32 Å². The third-order valence-corrected chi connectivity index (χ3v) is 4.95. The maximum Gasteiger partial charge on any atom is 0.336 e. The molecule has 1 aliphatic rings. The smallest absolute Gasteiger partial charge is 0.336 e. The van der Waals surface area contributed by atoms with Crippen LogP contribution >= 0.6 is 0 Å². The first-order valence-corrected chi connectivity index (χ1v) is 8.99. The van der Waals surface area contributed by atoms with Crippen LogP contribution in [0.3, 0.4) is 0 Å². The second-order valence-electron chi connectivity index (χ2n) is 6.87. The Morgan fingerprint density at radius 1 is 1.15 bits per heavy atom. The number of anilines is 1. The summed E-state index contributed by atoms with van der Waals surface area (Å²) < 4.78 is 5.35. The van der Waals surface area contributed by atoms with E-state index in [1.165, 1.54) is 0 Å². The van der Waals surface area contributed by atoms with E-state index in [-0.39, 0.29) is 5.63 Å². The Morgan fingerprint density at radius 2 is 1.96 bits per heavy atom. The van der Waals surface area contributed by atoms with Crippen LogP contribution in [0.2, 0.25) is 0 Å². The predicted octanol–water partition coefficient (Wildman–Crippen LogP) is 2.69. The molecule has 0 radical (unpaired) electrons. The molecule has 27 heavy (non-hydrogen) atoms. The zero-order chi connectivity index (χ0) is 18.8. The molecule has 1 fully saturated rings. The first-order chi connectivity index (χ1) is 13.1. The van der Waals surface area contributed by atoms with Gasteiger partial charge in [-0.3, -0.25) is 4.90 Å². The molecular weight excluding hydrogens is 340 g/mol. The minimum Gasteiger partial charge on any atom is -0.423 e. The van der Waals surface area contributed by atoms with Crippen molar-refractivity contribution in [3.63, 3.8) is 0 Å². The average Bonchev–Trinajstić information content (AvgIpc) is 2.68. The first-order valence-electron chi connectivity index (χ1n) is 8.99. The first kappa shape index (κ1) is 17.3. The van der Waals surface area contributed by atoms with Crippen molar-refractivity contribution in [2.45, 2.75) is 13.5 Å². The maximum atomic E-state index is 11.9. The number of fused-ring (bicyclic) bond motifs is 1. The summed E-state index contributed by atoms with van der Waals surface area (Å²) in [6, 6.07) is 13.3. The zero-order valence-corrected chi connectivity index (χ0v) is 15.2. The summed E-state index contributed by atoms with van der Waals surface area (Å²) >= 11 is 0. The van der Waals surface area contributed by atoms with E-state index < -0.39 is 0 Å². The van der Waals surface area contributed by atoms with Gasteiger partial charge in [0.15, 0.2) is 0 Å². The molecular formula is C21H20N4O2. The Hall–Kier alpha value is -3.17. The lowest BCUT2D eigenvalue weighted by molar-refractivity contribution is 0.249. The van der Waals surface area contributed by atoms with Crippen molar-refractivity contribution in [1.82, 2.24) is 9.88 Å². The van der Waals surface area contributed by atoms with Gasteiger partial charge in [-0.15, -0.1) is 0 Å². The highest BCUT2D eigenvalue weighted by atomic mass is 16.4. The van der Waals surface area contributed by atoms with Crippen molar-refractivity contribution in [2.24, 2.45) is 0 Å². The topological polar surface area (TPSA) is 73.4 Å². The third kappa shape index (κ3) is 3.69. The molecule has 2 aromatic heterocycles. The van der Waals surface area contributed by atoms with Gasteiger partial charge in [0, 0.05) is 50.4 Å². The second-order valence-corrected chi connectivity index (χ2v) is 6.87. The molecule has 0 atom stereocenters. The van der Waals surface area contributed by atoms with Crippen LogP contribution in [0.25, 0.3) is 11.0 Å². The summed E-state index contributed by atoms with van der Waals surface area (Å²) in [5, 5.41) is 10.0. The second kappa shape index (κ2) is 7.22. The van der Waals surface area contributed by atoms with Crippen LogP contribution in [0.15, 0.2) is 51.8 Å². The van der Waals surface area contributed by atoms with Crippen LogP contribution in [0.5, 0.6) is 0 Å². The van der Waals surface area contributed by atoms with Gasteiger partial charge in [-0.2, -0.15) is 5.26 Å². The molecule has 1 aliphatic heterocycles. The van der Waals surface area contributed by atoms with Crippen LogP contribution in [0, 0.1) is 18.3 Å². The molecule has 1 saturated heterocycles. The number of aromatic nitrogens is 1. The molecule has 6 nitrogen and oxygen atoms in total. The standard InChI is InChI=1S/C21H20N4O2/c1-15-2-3-18-17(12-21(26)27-19(18)10-15)14-24-6-8-25(9-7-24)20-11-16(13-22)4-5-23-20/h2-5,10-12H,6-9,14H2,1H3. The summed E-state index contributed by atoms with van der Waals surface area (Å²) in [5.74, 6) is 0.843. The van der Waals surface area contributed by atoms with E-state index in [4.69, 9.17) is 9.68 Å². The highest BCUT2D eigenvalue weighted by molar-refractivity contribution is 5.80. The Morgan fingerprint density at radius 3 is 2.74 bits per heavy atom. The molecule has 4 rings (SSSR count). The average molecular weight is 360 g/mol. The van der Waals surface area contributed by atoms with Crippen LogP contribution in [0.4, 0.5) is 5.82 Å². The number of aryl methyl sites for hydroxylation is 1. The Bertz CT molecular complexity index is 1080. The Kier molecular flexibility index (Phi) is 4.61. The fourth-order valence-corrected chi connectivity index (χ4v) is 3.50. The van der Waals surface area contributed by atoms with Crippen molar-refractivity contribution in [3.05, 3.63) is 69.7 Å². The molecule has 3 heterocycles. The summed E-state index contributed by atoms with van der Waals surface area (Å²) in [7, 11) is 0. The SMILES string of the molecule is Cc1ccc2c(CN3CCN(c4cc(C#N)ccn4)CC3)cc(=O)oc2c1. The molecule has 0 unspecified atom stereocenters. The molecule has 1 aromatic carbocycles. The Labute approximate surface area is 157 Å². The van der Waals surface area contributed by atoms with Crippen molar-refractivity contribution in [1.29, 1.82) is 5.26 Å². The van der Waals surface area contributed by atoms with Crippen molar-refractivity contribution >= 4 is 16.8 Å². The molecule has 0 bridgehead atoms. The van der Waals surface area contributed by atoms with Crippen molar-refractivity contribution in [2.75, 3.05) is 31.1 Å². The van der Waals surface area contributed by atoms with Crippen LogP contribution in [-0.2, 0) is 6.54 Å². The number of pyridine rings is 1. The number of piperazine rings is 1. The van der Waals surface area contributed by atoms with Crippen molar-refractivity contribution in [3.8, 4) is 6.07 Å². The molecule has 0 spiro atoms. The molecule has 136 valence electrons. The summed E-state index contributed by atoms with van der Waals surface area (Å²) in [4.78, 5) is 20.8. The minimum absolute atomic E-state index is 0.306. The summed E-state index contributed by atoms with van der Waals surface area (Å²) in [6.07, 6.45) is 1.68. The number of benzene rings is 1. The molecule has 0 amide bonds. The third-order valence-electron chi connectivity index (χ3n) is 4.95. The molecule has 6 heteroatoms. The van der Waals surface area contributed by atoms with E-state index in [9.17, 15) is 4.79 Å². The van der Waals surface area contributed by atoms with E-state index in [2.05, 4.69) is 20.9 Å². The summed E-state index contributed by atoms with van der Waals surface area (Å²) in [6.45, 7) is 6.10. The predicted molar refractivity (Wildman–Crippen MR) is 104 cm³/mol. The lowest BCUT2D eigenvalue weighted by Crippen LogP contribution is -2.46. The van der Waals surface area contributed by atoms with Crippen LogP contribution < -0.4 is 10.5 Å². The van der Waals surface area contributed by atoms with Gasteiger partial charge in [0.2, 0.25) is 0 Å². The van der Waals surface area contributed by atoms with Gasteiger partial charge in [-0.1, -0.05) is 12.1 Å². The molecule has 0 aliphatic carbocycles. The highest BCUT2D eigenvalue weighted by Crippen LogP contribution is 2.21. The van der Waals surface area contributed by atoms with Gasteiger partial charge in [0.1, 0.15) is 11.4 Å². The number of nitriles is 1. The van der Waals surface area contributed by atoms with E-state index in [1.54, 1.807) is 18.3 Å². The zero-order valence-electron chi connectivity index (χ0n) is 15.2. The highest BCUT2D eigenvalue weighted by Gasteiger charge is 2.19. The number of hydrogen-bond acceptors (Lipinski definition) is 6. The Balaban J connectivity index is 1.49. The number of nitrogens with zero attached hydrogens (tertiary/aromatic N) is 4. The van der Waals surface area contributed by atoms with Gasteiger partial charge in [-0.25, -0.2) is 9.78 Å².